The van der Waals surface area contributed by atoms with Crippen LogP contribution >= 0.6 is 22.9 Å². The van der Waals surface area contributed by atoms with Crippen LogP contribution in [-0.2, 0) is 6.61 Å². The van der Waals surface area contributed by atoms with E-state index in [0.717, 1.165) is 23.1 Å². The minimum Gasteiger partial charge on any atom is -0.391 e. The first-order chi connectivity index (χ1) is 8.14. The highest BCUT2D eigenvalue weighted by Gasteiger charge is 2.36. The van der Waals surface area contributed by atoms with Crippen LogP contribution in [0.4, 0.5) is 5.13 Å². The average molecular weight is 275 g/mol. The van der Waals surface area contributed by atoms with E-state index in [2.05, 4.69) is 23.7 Å². The van der Waals surface area contributed by atoms with Gasteiger partial charge in [0.1, 0.15) is 5.15 Å². The number of nitrogens with zero attached hydrogens (tertiary/aromatic N) is 2. The first-order valence-corrected chi connectivity index (χ1v) is 7.34. The minimum absolute atomic E-state index is 0.0168. The van der Waals surface area contributed by atoms with Crippen molar-refractivity contribution in [1.29, 1.82) is 0 Å². The van der Waals surface area contributed by atoms with E-state index in [9.17, 15) is 0 Å². The monoisotopic (exact) mass is 274 g/mol. The van der Waals surface area contributed by atoms with Gasteiger partial charge in [0, 0.05) is 13.1 Å². The lowest BCUT2D eigenvalue weighted by Gasteiger charge is -2.26. The molecule has 0 atom stereocenters. The normalized spacial score (nSPS) is 18.9. The molecule has 0 saturated carbocycles. The second kappa shape index (κ2) is 5.12. The summed E-state index contributed by atoms with van der Waals surface area (Å²) in [6.07, 6.45) is 3.66. The number of hydrogen-bond donors (Lipinski definition) is 1. The van der Waals surface area contributed by atoms with Gasteiger partial charge in [-0.05, 0) is 24.7 Å². The molecule has 1 aromatic rings. The number of hydrogen-bond acceptors (Lipinski definition) is 4. The summed E-state index contributed by atoms with van der Waals surface area (Å²) in [5.74, 6) is 0. The molecule has 3 nitrogen and oxygen atoms in total. The lowest BCUT2D eigenvalue weighted by molar-refractivity contribution is 0.285. The lowest BCUT2D eigenvalue weighted by atomic mass is 9.82. The molecule has 0 spiro atoms. The highest BCUT2D eigenvalue weighted by Crippen LogP contribution is 2.41. The largest absolute Gasteiger partial charge is 0.391 e. The van der Waals surface area contributed by atoms with Crippen LogP contribution in [-0.4, -0.2) is 23.2 Å². The maximum atomic E-state index is 9.14. The SMILES string of the molecule is CCC1(CC)CCN(c2nc(Cl)c(CO)s2)C1. The maximum Gasteiger partial charge on any atom is 0.187 e. The summed E-state index contributed by atoms with van der Waals surface area (Å²) in [4.78, 5) is 7.43. The van der Waals surface area contributed by atoms with Crippen LogP contribution in [0.3, 0.4) is 0 Å². The molecule has 17 heavy (non-hydrogen) atoms. The highest BCUT2D eigenvalue weighted by atomic mass is 35.5. The molecule has 0 aliphatic carbocycles. The predicted molar refractivity (Wildman–Crippen MR) is 72.9 cm³/mol. The molecule has 1 N–H and O–H groups in total. The molecule has 1 fully saturated rings. The maximum absolute atomic E-state index is 9.14. The number of aliphatic hydroxyl groups excluding tert-OH is 1. The van der Waals surface area contributed by atoms with Crippen molar-refractivity contribution >= 4 is 28.1 Å². The number of rotatable bonds is 4. The van der Waals surface area contributed by atoms with Crippen molar-refractivity contribution in [3.05, 3.63) is 10.0 Å². The molecular formula is C12H19ClN2OS. The van der Waals surface area contributed by atoms with Crippen LogP contribution < -0.4 is 4.90 Å². The van der Waals surface area contributed by atoms with Crippen LogP contribution in [0, 0.1) is 5.41 Å². The van der Waals surface area contributed by atoms with Gasteiger partial charge < -0.3 is 10.0 Å². The molecule has 0 bridgehead atoms. The molecule has 0 amide bonds. The van der Waals surface area contributed by atoms with Crippen molar-refractivity contribution in [3.8, 4) is 0 Å². The van der Waals surface area contributed by atoms with E-state index in [0.29, 0.717) is 10.6 Å². The second-order valence-corrected chi connectivity index (χ2v) is 6.17. The molecule has 2 heterocycles. The molecule has 1 aliphatic heterocycles. The third kappa shape index (κ3) is 2.44. The van der Waals surface area contributed by atoms with Crippen molar-refractivity contribution in [3.63, 3.8) is 0 Å². The van der Waals surface area contributed by atoms with Gasteiger partial charge in [-0.3, -0.25) is 0 Å². The number of aromatic nitrogens is 1. The van der Waals surface area contributed by atoms with Gasteiger partial charge in [0.2, 0.25) is 0 Å². The van der Waals surface area contributed by atoms with Crippen molar-refractivity contribution in [2.45, 2.75) is 39.7 Å². The third-order valence-corrected chi connectivity index (χ3v) is 5.52. The summed E-state index contributed by atoms with van der Waals surface area (Å²) >= 11 is 7.49. The Balaban J connectivity index is 2.14. The fraction of sp³-hybridized carbons (Fsp3) is 0.750. The molecule has 2 rings (SSSR count). The van der Waals surface area contributed by atoms with Crippen LogP contribution in [0.2, 0.25) is 5.15 Å². The minimum atomic E-state index is -0.0168. The molecule has 0 aromatic carbocycles. The van der Waals surface area contributed by atoms with E-state index in [1.54, 1.807) is 0 Å². The third-order valence-electron chi connectivity index (χ3n) is 3.99. The summed E-state index contributed by atoms with van der Waals surface area (Å²) < 4.78 is 0. The van der Waals surface area contributed by atoms with Gasteiger partial charge in [0.15, 0.2) is 5.13 Å². The molecule has 1 aliphatic rings. The smallest absolute Gasteiger partial charge is 0.187 e. The summed E-state index contributed by atoms with van der Waals surface area (Å²) in [6, 6.07) is 0. The zero-order valence-electron chi connectivity index (χ0n) is 10.4. The van der Waals surface area contributed by atoms with Crippen molar-refractivity contribution in [2.24, 2.45) is 5.41 Å². The number of halogens is 1. The Morgan fingerprint density at radius 2 is 2.18 bits per heavy atom. The number of thiazole rings is 1. The topological polar surface area (TPSA) is 36.4 Å². The molecule has 1 saturated heterocycles. The van der Waals surface area contributed by atoms with Gasteiger partial charge in [-0.2, -0.15) is 0 Å². The standard InChI is InChI=1S/C12H19ClN2OS/c1-3-12(4-2)5-6-15(8-12)11-14-10(13)9(7-16)17-11/h16H,3-8H2,1-2H3. The Hall–Kier alpha value is -0.320. The quantitative estimate of drug-likeness (QED) is 0.915. The number of anilines is 1. The Labute approximate surface area is 111 Å². The average Bonchev–Trinajstić information content (AvgIpc) is 2.93. The zero-order chi connectivity index (χ0) is 12.5. The Kier molecular flexibility index (Phi) is 3.95. The summed E-state index contributed by atoms with van der Waals surface area (Å²) in [7, 11) is 0. The number of aliphatic hydroxyl groups is 1. The van der Waals surface area contributed by atoms with E-state index >= 15 is 0 Å². The van der Waals surface area contributed by atoms with Gasteiger partial charge in [0.05, 0.1) is 11.5 Å². The van der Waals surface area contributed by atoms with Crippen molar-refractivity contribution in [1.82, 2.24) is 4.98 Å². The van der Waals surface area contributed by atoms with Crippen LogP contribution in [0.1, 0.15) is 38.0 Å². The van der Waals surface area contributed by atoms with Crippen LogP contribution in [0.25, 0.3) is 0 Å². The van der Waals surface area contributed by atoms with E-state index in [1.807, 2.05) is 0 Å². The molecule has 0 unspecified atom stereocenters. The first kappa shape index (κ1) is 13.1. The van der Waals surface area contributed by atoms with Gasteiger partial charge >= 0.3 is 0 Å². The van der Waals surface area contributed by atoms with Gasteiger partial charge in [0.25, 0.3) is 0 Å². The summed E-state index contributed by atoms with van der Waals surface area (Å²) in [6.45, 7) is 6.63. The molecule has 5 heteroatoms. The fourth-order valence-electron chi connectivity index (χ4n) is 2.48. The highest BCUT2D eigenvalue weighted by molar-refractivity contribution is 7.16. The molecular weight excluding hydrogens is 256 g/mol. The summed E-state index contributed by atoms with van der Waals surface area (Å²) in [5.41, 5.74) is 0.442. The van der Waals surface area contributed by atoms with Crippen molar-refractivity contribution < 1.29 is 5.11 Å². The van der Waals surface area contributed by atoms with E-state index in [4.69, 9.17) is 16.7 Å². The van der Waals surface area contributed by atoms with Crippen molar-refractivity contribution in [2.75, 3.05) is 18.0 Å². The van der Waals surface area contributed by atoms with Gasteiger partial charge in [-0.25, -0.2) is 4.98 Å². The fourth-order valence-corrected chi connectivity index (χ4v) is 3.62. The zero-order valence-corrected chi connectivity index (χ0v) is 11.9. The molecule has 96 valence electrons. The Morgan fingerprint density at radius 1 is 1.47 bits per heavy atom. The Morgan fingerprint density at radius 3 is 2.65 bits per heavy atom. The Bertz CT molecular complexity index is 390. The van der Waals surface area contributed by atoms with Crippen LogP contribution in [0.5, 0.6) is 0 Å². The first-order valence-electron chi connectivity index (χ1n) is 6.15. The molecule has 1 aromatic heterocycles. The van der Waals surface area contributed by atoms with Gasteiger partial charge in [-0.1, -0.05) is 36.8 Å². The van der Waals surface area contributed by atoms with E-state index < -0.39 is 0 Å². The molecule has 0 radical (unpaired) electrons. The second-order valence-electron chi connectivity index (χ2n) is 4.75. The van der Waals surface area contributed by atoms with Gasteiger partial charge in [-0.15, -0.1) is 0 Å². The van der Waals surface area contributed by atoms with E-state index in [1.165, 1.54) is 30.6 Å². The van der Waals surface area contributed by atoms with Crippen LogP contribution in [0.15, 0.2) is 0 Å². The lowest BCUT2D eigenvalue weighted by Crippen LogP contribution is -2.25. The predicted octanol–water partition coefficient (Wildman–Crippen LogP) is 3.31. The summed E-state index contributed by atoms with van der Waals surface area (Å²) in [5, 5.41) is 10.6. The van der Waals surface area contributed by atoms with E-state index in [-0.39, 0.29) is 6.61 Å².